The highest BCUT2D eigenvalue weighted by Crippen LogP contribution is 2.46. The molecule has 2 N–H and O–H groups in total. The van der Waals surface area contributed by atoms with Crippen molar-refractivity contribution < 1.29 is 42.9 Å². The maximum Gasteiger partial charge on any atom is 0.408 e. The number of carbonyl (C=O) groups excluding carboxylic acids is 4. The summed E-state index contributed by atoms with van der Waals surface area (Å²) >= 11 is 3.57. The number of carbonyl (C=O) groups is 4. The Bertz CT molecular complexity index is 1640. The molecule has 2 aliphatic carbocycles. The molecule has 0 unspecified atom stereocenters. The summed E-state index contributed by atoms with van der Waals surface area (Å²) in [5, 5.41) is 6.15. The third-order valence-electron chi connectivity index (χ3n) is 9.25. The van der Waals surface area contributed by atoms with Crippen LogP contribution in [0.2, 0.25) is 0 Å². The molecule has 1 aromatic carbocycles. The summed E-state index contributed by atoms with van der Waals surface area (Å²) in [6, 6.07) is 3.00. The zero-order valence-electron chi connectivity index (χ0n) is 28.2. The van der Waals surface area contributed by atoms with E-state index in [2.05, 4.69) is 44.7 Å². The zero-order valence-corrected chi connectivity index (χ0v) is 29.8. The van der Waals surface area contributed by atoms with Gasteiger partial charge in [-0.2, -0.15) is 0 Å². The van der Waals surface area contributed by atoms with Gasteiger partial charge in [0, 0.05) is 23.8 Å². The first-order chi connectivity index (χ1) is 23.5. The number of methoxy groups -OCH3 is 2. The third-order valence-corrected chi connectivity index (χ3v) is 10.0. The Morgan fingerprint density at radius 3 is 2.51 bits per heavy atom. The van der Waals surface area contributed by atoms with E-state index in [1.807, 2.05) is 6.92 Å². The van der Waals surface area contributed by atoms with Crippen molar-refractivity contribution in [1.82, 2.24) is 20.5 Å². The molecule has 5 rings (SSSR count). The normalized spacial score (nSPS) is 23.7. The van der Waals surface area contributed by atoms with Gasteiger partial charge in [-0.3, -0.25) is 9.59 Å². The molecule has 5 atom stereocenters. The molecule has 2 heterocycles. The fourth-order valence-corrected chi connectivity index (χ4v) is 7.17. The number of hydrogen-bond acceptors (Lipinski definition) is 10. The van der Waals surface area contributed by atoms with Gasteiger partial charge < -0.3 is 39.2 Å². The summed E-state index contributed by atoms with van der Waals surface area (Å²) in [6.07, 6.45) is 3.82. The number of nitrogens with zero attached hydrogens (tertiary/aromatic N) is 2. The van der Waals surface area contributed by atoms with Crippen molar-refractivity contribution >= 4 is 50.7 Å². The summed E-state index contributed by atoms with van der Waals surface area (Å²) in [5.41, 5.74) is -0.383. The molecule has 3 aliphatic rings. The quantitative estimate of drug-likeness (QED) is 0.220. The van der Waals surface area contributed by atoms with Crippen LogP contribution in [0.5, 0.6) is 17.4 Å². The Morgan fingerprint density at radius 2 is 1.90 bits per heavy atom. The van der Waals surface area contributed by atoms with Crippen LogP contribution < -0.4 is 24.8 Å². The van der Waals surface area contributed by atoms with Gasteiger partial charge in [-0.05, 0) is 79.6 Å². The minimum atomic E-state index is -1.28. The smallest absolute Gasteiger partial charge is 0.408 e. The fourth-order valence-electron chi connectivity index (χ4n) is 6.58. The largest absolute Gasteiger partial charge is 0.495 e. The van der Waals surface area contributed by atoms with Gasteiger partial charge in [0.1, 0.15) is 41.3 Å². The lowest BCUT2D eigenvalue weighted by Crippen LogP contribution is -2.56. The molecule has 14 heteroatoms. The third kappa shape index (κ3) is 7.48. The second kappa shape index (κ2) is 15.1. The van der Waals surface area contributed by atoms with Crippen molar-refractivity contribution in [2.75, 3.05) is 27.4 Å². The molecule has 264 valence electrons. The van der Waals surface area contributed by atoms with E-state index in [1.54, 1.807) is 38.3 Å². The average molecular weight is 744 g/mol. The minimum Gasteiger partial charge on any atom is -0.495 e. The van der Waals surface area contributed by atoms with Gasteiger partial charge in [-0.25, -0.2) is 14.6 Å². The number of halogens is 1. The van der Waals surface area contributed by atoms with E-state index in [-0.39, 0.29) is 25.0 Å². The number of hydrogen-bond donors (Lipinski definition) is 2. The summed E-state index contributed by atoms with van der Waals surface area (Å²) < 4.78 is 28.9. The standard InChI is InChI=1S/C35H43BrN4O9/c1-7-20-17-35(20,33(43)46-6)39-31(41)24-15-22(18-40(24)32(42)29(19(3)4)38-34(44)49-21-11-9-10-12-21)48-26-16-27(47-8-2)37-30-23(26)13-14-25(45-5)28(30)36/h7,13-14,16,20-22,24,29H,1,3,8-12,15,17-18H2,2,4-6H3,(H,38,44)(H,39,41)/t20-,22-,24+,29+,35-/m1/s1. The molecular weight excluding hydrogens is 700 g/mol. The Labute approximate surface area is 293 Å². The number of pyridine rings is 1. The van der Waals surface area contributed by atoms with Crippen molar-refractivity contribution in [2.45, 2.75) is 82.2 Å². The highest BCUT2D eigenvalue weighted by molar-refractivity contribution is 9.10. The van der Waals surface area contributed by atoms with Crippen molar-refractivity contribution in [3.8, 4) is 17.4 Å². The van der Waals surface area contributed by atoms with Gasteiger partial charge in [-0.15, -0.1) is 6.58 Å². The highest BCUT2D eigenvalue weighted by atomic mass is 79.9. The molecule has 0 spiro atoms. The second-order valence-electron chi connectivity index (χ2n) is 12.6. The molecule has 0 radical (unpaired) electrons. The second-order valence-corrected chi connectivity index (χ2v) is 13.4. The van der Waals surface area contributed by atoms with Crippen LogP contribution in [0, 0.1) is 5.92 Å². The summed E-state index contributed by atoms with van der Waals surface area (Å²) in [7, 11) is 2.80. The first kappa shape index (κ1) is 36.0. The first-order valence-electron chi connectivity index (χ1n) is 16.4. The van der Waals surface area contributed by atoms with Crippen LogP contribution in [-0.4, -0.2) is 91.0 Å². The van der Waals surface area contributed by atoms with Gasteiger partial charge in [0.25, 0.3) is 0 Å². The number of alkyl carbamates (subject to hydrolysis) is 1. The molecular formula is C35H43BrN4O9. The molecule has 0 bridgehead atoms. The molecule has 2 aromatic rings. The maximum absolute atomic E-state index is 14.2. The van der Waals surface area contributed by atoms with E-state index in [4.69, 9.17) is 23.7 Å². The van der Waals surface area contributed by atoms with Crippen LogP contribution in [0.15, 0.2) is 47.5 Å². The zero-order chi connectivity index (χ0) is 35.5. The van der Waals surface area contributed by atoms with Crippen molar-refractivity contribution in [1.29, 1.82) is 0 Å². The Kier molecular flexibility index (Phi) is 11.1. The monoisotopic (exact) mass is 742 g/mol. The summed E-state index contributed by atoms with van der Waals surface area (Å²) in [6.45, 7) is 11.5. The van der Waals surface area contributed by atoms with Gasteiger partial charge in [-0.1, -0.05) is 12.7 Å². The van der Waals surface area contributed by atoms with Crippen LogP contribution in [0.3, 0.4) is 0 Å². The lowest BCUT2D eigenvalue weighted by molar-refractivity contribution is -0.148. The van der Waals surface area contributed by atoms with Crippen LogP contribution in [0.25, 0.3) is 10.9 Å². The molecule has 1 saturated heterocycles. The van der Waals surface area contributed by atoms with E-state index in [1.165, 1.54) is 12.0 Å². The Balaban J connectivity index is 1.45. The number of fused-ring (bicyclic) bond motifs is 1. The van der Waals surface area contributed by atoms with Crippen molar-refractivity contribution in [3.05, 3.63) is 47.5 Å². The van der Waals surface area contributed by atoms with Gasteiger partial charge in [0.2, 0.25) is 17.7 Å². The van der Waals surface area contributed by atoms with Gasteiger partial charge >= 0.3 is 12.1 Å². The SMILES string of the molecule is C=C[C@@H]1C[C@]1(NC(=O)[C@@H]1C[C@@H](Oc2cc(OCC)nc3c(Br)c(OC)ccc23)CN1C(=O)[C@@H](NC(=O)OC1CCCC1)C(=C)C)C(=O)OC. The summed E-state index contributed by atoms with van der Waals surface area (Å²) in [5.74, 6) is -0.750. The Morgan fingerprint density at radius 1 is 1.16 bits per heavy atom. The predicted molar refractivity (Wildman–Crippen MR) is 183 cm³/mol. The van der Waals surface area contributed by atoms with Crippen LogP contribution in [0.1, 0.15) is 52.4 Å². The number of esters is 1. The van der Waals surface area contributed by atoms with E-state index in [0.717, 1.165) is 25.7 Å². The van der Waals surface area contributed by atoms with Crippen LogP contribution in [-0.2, 0) is 23.9 Å². The Hall–Kier alpha value is -4.33. The molecule has 3 amide bonds. The average Bonchev–Trinajstić information content (AvgIpc) is 3.35. The van der Waals surface area contributed by atoms with Crippen molar-refractivity contribution in [2.24, 2.45) is 5.92 Å². The minimum absolute atomic E-state index is 0.0126. The number of likely N-dealkylation sites (tertiary alicyclic amines) is 1. The molecule has 1 aromatic heterocycles. The number of rotatable bonds is 13. The van der Waals surface area contributed by atoms with Crippen LogP contribution in [0.4, 0.5) is 4.79 Å². The number of aromatic nitrogens is 1. The number of amides is 3. The van der Waals surface area contributed by atoms with Gasteiger partial charge in [0.15, 0.2) is 0 Å². The topological polar surface area (TPSA) is 155 Å². The number of nitrogens with one attached hydrogen (secondary N) is 2. The molecule has 3 fully saturated rings. The predicted octanol–water partition coefficient (Wildman–Crippen LogP) is 4.60. The lowest BCUT2D eigenvalue weighted by atomic mass is 10.1. The molecule has 2 saturated carbocycles. The number of benzene rings is 1. The first-order valence-corrected chi connectivity index (χ1v) is 17.2. The van der Waals surface area contributed by atoms with E-state index < -0.39 is 47.6 Å². The molecule has 49 heavy (non-hydrogen) atoms. The molecule has 13 nitrogen and oxygen atoms in total. The number of ether oxygens (including phenoxy) is 5. The van der Waals surface area contributed by atoms with E-state index in [9.17, 15) is 19.2 Å². The van der Waals surface area contributed by atoms with Crippen LogP contribution >= 0.6 is 15.9 Å². The highest BCUT2D eigenvalue weighted by Gasteiger charge is 2.62. The van der Waals surface area contributed by atoms with Gasteiger partial charge in [0.05, 0.1) is 37.4 Å². The summed E-state index contributed by atoms with van der Waals surface area (Å²) in [4.78, 5) is 59.9. The van der Waals surface area contributed by atoms with Crippen molar-refractivity contribution in [3.63, 3.8) is 0 Å². The maximum atomic E-state index is 14.2. The fraction of sp³-hybridized carbons (Fsp3) is 0.514. The lowest BCUT2D eigenvalue weighted by Gasteiger charge is -2.29. The van der Waals surface area contributed by atoms with E-state index >= 15 is 0 Å². The molecule has 1 aliphatic heterocycles. The van der Waals surface area contributed by atoms with E-state index in [0.29, 0.717) is 51.4 Å².